The number of nitrogens with zero attached hydrogens (tertiary/aromatic N) is 1. The van der Waals surface area contributed by atoms with Gasteiger partial charge in [-0.15, -0.1) is 0 Å². The van der Waals surface area contributed by atoms with Crippen LogP contribution in [-0.2, 0) is 12.4 Å². The van der Waals surface area contributed by atoms with Crippen LogP contribution < -0.4 is 15.4 Å². The molecule has 1 heterocycles. The minimum Gasteiger partial charge on any atom is -0.497 e. The summed E-state index contributed by atoms with van der Waals surface area (Å²) in [6.07, 6.45) is -3.36. The van der Waals surface area contributed by atoms with E-state index in [1.807, 2.05) is 6.07 Å². The van der Waals surface area contributed by atoms with E-state index < -0.39 is 41.2 Å². The zero-order valence-electron chi connectivity index (χ0n) is 22.6. The number of rotatable bonds is 6. The van der Waals surface area contributed by atoms with Crippen molar-refractivity contribution in [1.82, 2.24) is 10.3 Å². The van der Waals surface area contributed by atoms with Crippen molar-refractivity contribution in [3.05, 3.63) is 65.4 Å². The summed E-state index contributed by atoms with van der Waals surface area (Å²) >= 11 is 0. The number of urea groups is 1. The molecule has 3 aliphatic carbocycles. The number of aromatic nitrogens is 1. The molecule has 0 radical (unpaired) electrons. The third-order valence-electron chi connectivity index (χ3n) is 8.76. The van der Waals surface area contributed by atoms with Crippen LogP contribution in [0.1, 0.15) is 61.8 Å². The van der Waals surface area contributed by atoms with Crippen molar-refractivity contribution in [2.24, 2.45) is 23.7 Å². The lowest BCUT2D eigenvalue weighted by molar-refractivity contribution is -0.143. The maximum atomic E-state index is 13.4. The van der Waals surface area contributed by atoms with E-state index >= 15 is 0 Å². The molecule has 3 saturated carbocycles. The molecule has 2 amide bonds. The highest BCUT2D eigenvalue weighted by molar-refractivity contribution is 5.91. The largest absolute Gasteiger partial charge is 0.497 e. The Hall–Kier alpha value is -3.50. The molecule has 5 nitrogen and oxygen atoms in total. The molecule has 41 heavy (non-hydrogen) atoms. The van der Waals surface area contributed by atoms with E-state index in [0.29, 0.717) is 41.2 Å². The predicted octanol–water partition coefficient (Wildman–Crippen LogP) is 8.61. The smallest absolute Gasteiger partial charge is 0.416 e. The number of anilines is 1. The average Bonchev–Trinajstić information content (AvgIpc) is 2.94. The number of carbonyl (C=O) groups is 1. The summed E-state index contributed by atoms with van der Waals surface area (Å²) in [5, 5.41) is 5.94. The van der Waals surface area contributed by atoms with Gasteiger partial charge in [0.25, 0.3) is 0 Å². The van der Waals surface area contributed by atoms with Crippen LogP contribution in [-0.4, -0.2) is 18.1 Å². The van der Waals surface area contributed by atoms with Crippen LogP contribution in [0, 0.1) is 23.7 Å². The Morgan fingerprint density at radius 1 is 0.976 bits per heavy atom. The molecule has 11 heteroatoms. The molecule has 5 atom stereocenters. The maximum absolute atomic E-state index is 13.4. The number of amides is 2. The third kappa shape index (κ3) is 6.08. The van der Waals surface area contributed by atoms with Crippen molar-refractivity contribution in [3.8, 4) is 5.75 Å². The number of ether oxygens (including phenoxy) is 1. The number of methoxy groups -OCH3 is 1. The molecule has 2 N–H and O–H groups in total. The standard InChI is InChI=1S/C30H31F6N3O2/c1-3-16-10-18-5-4-17(16)11-24(18)27(23-8-9-37-26-7-6-22(41-2)15-25(23)26)39-28(40)38-21-13-19(29(31,32)33)12-20(14-21)30(34,35)36/h6-9,12-18,24,27H,3-5,10-11H2,1-2H3,(H2,38,39,40)/t16?,17?,18?,24?,27-/m0/s1. The molecule has 2 aromatic carbocycles. The van der Waals surface area contributed by atoms with Crippen LogP contribution in [0.5, 0.6) is 5.75 Å². The van der Waals surface area contributed by atoms with Crippen molar-refractivity contribution in [3.63, 3.8) is 0 Å². The second-order valence-electron chi connectivity index (χ2n) is 11.1. The molecule has 0 saturated heterocycles. The van der Waals surface area contributed by atoms with Gasteiger partial charge < -0.3 is 15.4 Å². The van der Waals surface area contributed by atoms with Crippen molar-refractivity contribution in [2.45, 2.75) is 57.4 Å². The molecule has 3 aliphatic rings. The monoisotopic (exact) mass is 579 g/mol. The number of hydrogen-bond donors (Lipinski definition) is 2. The quantitative estimate of drug-likeness (QED) is 0.288. The number of pyridine rings is 1. The Kier molecular flexibility index (Phi) is 7.82. The highest BCUT2D eigenvalue weighted by Gasteiger charge is 2.45. The zero-order valence-corrected chi connectivity index (χ0v) is 22.6. The lowest BCUT2D eigenvalue weighted by Crippen LogP contribution is -2.45. The summed E-state index contributed by atoms with van der Waals surface area (Å²) in [4.78, 5) is 17.8. The fourth-order valence-electron chi connectivity index (χ4n) is 6.81. The van der Waals surface area contributed by atoms with E-state index in [0.717, 1.165) is 43.1 Å². The van der Waals surface area contributed by atoms with Crippen LogP contribution in [0.25, 0.3) is 10.9 Å². The van der Waals surface area contributed by atoms with E-state index in [1.165, 1.54) is 7.11 Å². The van der Waals surface area contributed by atoms with Gasteiger partial charge in [-0.3, -0.25) is 4.98 Å². The van der Waals surface area contributed by atoms with Gasteiger partial charge in [-0.1, -0.05) is 13.3 Å². The van der Waals surface area contributed by atoms with Crippen LogP contribution in [0.3, 0.4) is 0 Å². The van der Waals surface area contributed by atoms with E-state index in [4.69, 9.17) is 4.74 Å². The molecule has 220 valence electrons. The molecule has 2 bridgehead atoms. The predicted molar refractivity (Wildman–Crippen MR) is 142 cm³/mol. The number of carbonyl (C=O) groups excluding carboxylic acids is 1. The van der Waals surface area contributed by atoms with E-state index in [1.54, 1.807) is 24.4 Å². The summed E-state index contributed by atoms with van der Waals surface area (Å²) < 4.78 is 85.8. The minimum atomic E-state index is -5.02. The van der Waals surface area contributed by atoms with Gasteiger partial charge in [-0.2, -0.15) is 26.3 Å². The first-order valence-corrected chi connectivity index (χ1v) is 13.7. The van der Waals surface area contributed by atoms with Gasteiger partial charge in [0.2, 0.25) is 0 Å². The Morgan fingerprint density at radius 2 is 1.66 bits per heavy atom. The molecule has 6 rings (SSSR count). The third-order valence-corrected chi connectivity index (χ3v) is 8.76. The van der Waals surface area contributed by atoms with Crippen LogP contribution in [0.15, 0.2) is 48.7 Å². The summed E-state index contributed by atoms with van der Waals surface area (Å²) in [5.74, 6) is 2.03. The Morgan fingerprint density at radius 3 is 2.24 bits per heavy atom. The number of nitrogens with one attached hydrogen (secondary N) is 2. The van der Waals surface area contributed by atoms with Crippen molar-refractivity contribution >= 4 is 22.6 Å². The van der Waals surface area contributed by atoms with E-state index in [9.17, 15) is 31.1 Å². The second kappa shape index (κ2) is 11.1. The Labute approximate surface area is 233 Å². The van der Waals surface area contributed by atoms with Crippen LogP contribution in [0.2, 0.25) is 0 Å². The molecular weight excluding hydrogens is 548 g/mol. The lowest BCUT2D eigenvalue weighted by Gasteiger charge is -2.50. The maximum Gasteiger partial charge on any atom is 0.416 e. The van der Waals surface area contributed by atoms with Gasteiger partial charge >= 0.3 is 18.4 Å². The summed E-state index contributed by atoms with van der Waals surface area (Å²) in [5.41, 5.74) is -2.14. The number of fused-ring (bicyclic) bond motifs is 4. The Bertz CT molecular complexity index is 1390. The molecule has 0 aliphatic heterocycles. The van der Waals surface area contributed by atoms with Crippen molar-refractivity contribution in [1.29, 1.82) is 0 Å². The number of benzene rings is 2. The van der Waals surface area contributed by atoms with Gasteiger partial charge in [0.1, 0.15) is 5.75 Å². The first-order valence-electron chi connectivity index (χ1n) is 13.7. The molecule has 0 spiro atoms. The number of hydrogen-bond acceptors (Lipinski definition) is 3. The molecular formula is C30H31F6N3O2. The number of halogens is 6. The fourth-order valence-corrected chi connectivity index (χ4v) is 6.81. The second-order valence-corrected chi connectivity index (χ2v) is 11.1. The zero-order chi connectivity index (χ0) is 29.5. The van der Waals surface area contributed by atoms with Crippen LogP contribution >= 0.6 is 0 Å². The van der Waals surface area contributed by atoms with Gasteiger partial charge in [0.05, 0.1) is 29.8 Å². The molecule has 3 fully saturated rings. The highest BCUT2D eigenvalue weighted by atomic mass is 19.4. The van der Waals surface area contributed by atoms with Crippen molar-refractivity contribution in [2.75, 3.05) is 12.4 Å². The molecule has 4 unspecified atom stereocenters. The molecule has 1 aromatic heterocycles. The van der Waals surface area contributed by atoms with Gasteiger partial charge in [-0.05, 0) is 97.4 Å². The lowest BCUT2D eigenvalue weighted by atomic mass is 9.57. The van der Waals surface area contributed by atoms with Gasteiger partial charge in [0.15, 0.2) is 0 Å². The average molecular weight is 580 g/mol. The molecule has 3 aromatic rings. The topological polar surface area (TPSA) is 63.2 Å². The Balaban J connectivity index is 1.51. The minimum absolute atomic E-state index is 0.0330. The summed E-state index contributed by atoms with van der Waals surface area (Å²) in [6, 6.07) is 6.81. The normalized spacial score (nSPS) is 23.3. The van der Waals surface area contributed by atoms with E-state index in [-0.39, 0.29) is 12.0 Å². The summed E-state index contributed by atoms with van der Waals surface area (Å²) in [7, 11) is 1.54. The first-order chi connectivity index (χ1) is 19.4. The van der Waals surface area contributed by atoms with Gasteiger partial charge in [-0.25, -0.2) is 4.79 Å². The summed E-state index contributed by atoms with van der Waals surface area (Å²) in [6.45, 7) is 2.18. The van der Waals surface area contributed by atoms with Crippen molar-refractivity contribution < 1.29 is 35.9 Å². The highest BCUT2D eigenvalue weighted by Crippen LogP contribution is 2.53. The first kappa shape index (κ1) is 29.0. The number of alkyl halides is 6. The van der Waals surface area contributed by atoms with Gasteiger partial charge in [0, 0.05) is 17.3 Å². The van der Waals surface area contributed by atoms with E-state index in [2.05, 4.69) is 22.5 Å². The fraction of sp³-hybridized carbons (Fsp3) is 0.467. The SMILES string of the molecule is CCC1CC2CCC1CC2[C@@H](NC(=O)Nc1cc(C(F)(F)F)cc(C(F)(F)F)c1)c1ccnc2ccc(OC)cc12. The van der Waals surface area contributed by atoms with Crippen LogP contribution in [0.4, 0.5) is 36.8 Å².